The maximum Gasteiger partial charge on any atom is 0.416 e. The van der Waals surface area contributed by atoms with Gasteiger partial charge in [0, 0.05) is 6.54 Å². The first-order valence-electron chi connectivity index (χ1n) is 3.65. The Kier molecular flexibility index (Phi) is 3.06. The zero-order valence-electron chi connectivity index (χ0n) is 6.90. The van der Waals surface area contributed by atoms with Gasteiger partial charge in [0.25, 0.3) is 0 Å². The lowest BCUT2D eigenvalue weighted by Gasteiger charge is -2.12. The first kappa shape index (κ1) is 11.3. The fraction of sp³-hybridized carbons (Fsp3) is 0.250. The molecule has 1 aromatic rings. The minimum absolute atomic E-state index is 0.0535. The molecule has 1 aromatic carbocycles. The van der Waals surface area contributed by atoms with E-state index in [1.54, 1.807) is 0 Å². The molecule has 0 aliphatic rings. The average Bonchev–Trinajstić information content (AvgIpc) is 2.07. The molecule has 0 bridgehead atoms. The summed E-state index contributed by atoms with van der Waals surface area (Å²) in [4.78, 5) is 0. The van der Waals surface area contributed by atoms with Gasteiger partial charge in [0.15, 0.2) is 0 Å². The van der Waals surface area contributed by atoms with Crippen LogP contribution >= 0.6 is 15.9 Å². The van der Waals surface area contributed by atoms with Crippen molar-refractivity contribution in [2.45, 2.75) is 12.7 Å². The Labute approximate surface area is 86.7 Å². The largest absolute Gasteiger partial charge is 0.507 e. The van der Waals surface area contributed by atoms with Crippen LogP contribution in [0.25, 0.3) is 0 Å². The smallest absolute Gasteiger partial charge is 0.416 e. The maximum absolute atomic E-state index is 12.4. The van der Waals surface area contributed by atoms with Gasteiger partial charge >= 0.3 is 6.18 Å². The lowest BCUT2D eigenvalue weighted by atomic mass is 10.1. The average molecular weight is 270 g/mol. The number of alkyl halides is 3. The summed E-state index contributed by atoms with van der Waals surface area (Å²) in [7, 11) is 0. The number of phenolic OH excluding ortho intramolecular Hbond substituents is 1. The molecule has 78 valence electrons. The molecular formula is C8H7BrF3NO. The Morgan fingerprint density at radius 1 is 1.36 bits per heavy atom. The highest BCUT2D eigenvalue weighted by Gasteiger charge is 2.33. The first-order valence-corrected chi connectivity index (χ1v) is 4.44. The van der Waals surface area contributed by atoms with Gasteiger partial charge < -0.3 is 10.8 Å². The highest BCUT2D eigenvalue weighted by Crippen LogP contribution is 2.37. The maximum atomic E-state index is 12.4. The van der Waals surface area contributed by atoms with Crippen LogP contribution in [-0.2, 0) is 12.7 Å². The summed E-state index contributed by atoms with van der Waals surface area (Å²) < 4.78 is 37.3. The Morgan fingerprint density at radius 3 is 2.36 bits per heavy atom. The summed E-state index contributed by atoms with van der Waals surface area (Å²) in [6.45, 7) is -0.228. The van der Waals surface area contributed by atoms with Crippen LogP contribution in [0.2, 0.25) is 0 Å². The van der Waals surface area contributed by atoms with Gasteiger partial charge in [-0.15, -0.1) is 0 Å². The second-order valence-corrected chi connectivity index (χ2v) is 3.52. The summed E-state index contributed by atoms with van der Waals surface area (Å²) in [5, 5.41) is 9.10. The van der Waals surface area contributed by atoms with Gasteiger partial charge in [-0.05, 0) is 33.6 Å². The molecule has 0 aliphatic carbocycles. The van der Waals surface area contributed by atoms with E-state index in [0.29, 0.717) is 6.07 Å². The molecule has 0 amide bonds. The molecule has 0 aliphatic heterocycles. The van der Waals surface area contributed by atoms with Crippen molar-refractivity contribution in [3.05, 3.63) is 27.7 Å². The lowest BCUT2D eigenvalue weighted by Crippen LogP contribution is -2.11. The molecule has 14 heavy (non-hydrogen) atoms. The highest BCUT2D eigenvalue weighted by molar-refractivity contribution is 9.10. The van der Waals surface area contributed by atoms with E-state index in [2.05, 4.69) is 15.9 Å². The number of hydrogen-bond acceptors (Lipinski definition) is 2. The molecule has 0 saturated carbocycles. The molecule has 6 heteroatoms. The van der Waals surface area contributed by atoms with Crippen LogP contribution < -0.4 is 5.73 Å². The predicted molar refractivity (Wildman–Crippen MR) is 48.7 cm³/mol. The molecule has 0 heterocycles. The number of hydrogen-bond donors (Lipinski definition) is 2. The molecule has 0 fully saturated rings. The zero-order chi connectivity index (χ0) is 10.9. The summed E-state index contributed by atoms with van der Waals surface area (Å²) in [6, 6.07) is 1.82. The molecular weight excluding hydrogens is 263 g/mol. The fourth-order valence-electron chi connectivity index (χ4n) is 1.04. The van der Waals surface area contributed by atoms with E-state index in [-0.39, 0.29) is 16.6 Å². The fourth-order valence-corrected chi connectivity index (χ4v) is 1.43. The molecule has 0 aromatic heterocycles. The number of aromatic hydroxyl groups is 1. The van der Waals surface area contributed by atoms with Crippen LogP contribution in [0.5, 0.6) is 5.75 Å². The monoisotopic (exact) mass is 269 g/mol. The highest BCUT2D eigenvalue weighted by atomic mass is 79.9. The molecule has 0 atom stereocenters. The van der Waals surface area contributed by atoms with Gasteiger partial charge in [-0.2, -0.15) is 13.2 Å². The van der Waals surface area contributed by atoms with E-state index in [9.17, 15) is 13.2 Å². The van der Waals surface area contributed by atoms with Crippen LogP contribution in [0.15, 0.2) is 16.6 Å². The standard InChI is InChI=1S/C8H7BrF3NO/c9-6-1-4(3-13)5(2-7(6)14)8(10,11)12/h1-2,14H,3,13H2. The van der Waals surface area contributed by atoms with Crippen LogP contribution in [0.4, 0.5) is 13.2 Å². The van der Waals surface area contributed by atoms with Crippen molar-refractivity contribution < 1.29 is 18.3 Å². The van der Waals surface area contributed by atoms with Crippen molar-refractivity contribution in [2.24, 2.45) is 5.73 Å². The van der Waals surface area contributed by atoms with Gasteiger partial charge in [0.2, 0.25) is 0 Å². The second-order valence-electron chi connectivity index (χ2n) is 2.66. The predicted octanol–water partition coefficient (Wildman–Crippen LogP) is 2.63. The number of rotatable bonds is 1. The van der Waals surface area contributed by atoms with Crippen LogP contribution in [0.3, 0.4) is 0 Å². The number of nitrogens with two attached hydrogens (primary N) is 1. The van der Waals surface area contributed by atoms with E-state index in [4.69, 9.17) is 10.8 Å². The van der Waals surface area contributed by atoms with Gasteiger partial charge in [0.1, 0.15) is 5.75 Å². The third-order valence-corrected chi connectivity index (χ3v) is 2.33. The van der Waals surface area contributed by atoms with Crippen LogP contribution in [0, 0.1) is 0 Å². The summed E-state index contributed by atoms with van der Waals surface area (Å²) >= 11 is 2.91. The number of halogens is 4. The van der Waals surface area contributed by atoms with Gasteiger partial charge in [-0.3, -0.25) is 0 Å². The number of phenols is 1. The van der Waals surface area contributed by atoms with Gasteiger partial charge in [-0.1, -0.05) is 0 Å². The van der Waals surface area contributed by atoms with Crippen LogP contribution in [0.1, 0.15) is 11.1 Å². The SMILES string of the molecule is NCc1cc(Br)c(O)cc1C(F)(F)F. The Bertz CT molecular complexity index is 351. The molecule has 0 unspecified atom stereocenters. The Morgan fingerprint density at radius 2 is 1.93 bits per heavy atom. The van der Waals surface area contributed by atoms with E-state index in [1.807, 2.05) is 0 Å². The number of benzene rings is 1. The van der Waals surface area contributed by atoms with Gasteiger partial charge in [-0.25, -0.2) is 0 Å². The van der Waals surface area contributed by atoms with Crippen molar-refractivity contribution in [1.82, 2.24) is 0 Å². The van der Waals surface area contributed by atoms with Crippen molar-refractivity contribution in [1.29, 1.82) is 0 Å². The van der Waals surface area contributed by atoms with E-state index < -0.39 is 17.5 Å². The topological polar surface area (TPSA) is 46.2 Å². The van der Waals surface area contributed by atoms with E-state index >= 15 is 0 Å². The molecule has 1 rings (SSSR count). The van der Waals surface area contributed by atoms with Gasteiger partial charge in [0.05, 0.1) is 10.0 Å². The molecule has 0 radical (unpaired) electrons. The summed E-state index contributed by atoms with van der Waals surface area (Å²) in [5.74, 6) is -0.450. The minimum atomic E-state index is -4.49. The second kappa shape index (κ2) is 3.78. The Balaban J connectivity index is 3.35. The van der Waals surface area contributed by atoms with E-state index in [1.165, 1.54) is 0 Å². The van der Waals surface area contributed by atoms with E-state index in [0.717, 1.165) is 6.07 Å². The first-order chi connectivity index (χ1) is 6.36. The normalized spacial score (nSPS) is 11.8. The third-order valence-electron chi connectivity index (χ3n) is 1.70. The van der Waals surface area contributed by atoms with Crippen molar-refractivity contribution >= 4 is 15.9 Å². The molecule has 0 saturated heterocycles. The summed E-state index contributed by atoms with van der Waals surface area (Å²) in [6.07, 6.45) is -4.49. The zero-order valence-corrected chi connectivity index (χ0v) is 8.48. The summed E-state index contributed by atoms with van der Waals surface area (Å²) in [5.41, 5.74) is 4.21. The third kappa shape index (κ3) is 2.19. The quantitative estimate of drug-likeness (QED) is 0.824. The Hall–Kier alpha value is -0.750. The molecule has 3 N–H and O–H groups in total. The molecule has 2 nitrogen and oxygen atoms in total. The van der Waals surface area contributed by atoms with Crippen molar-refractivity contribution in [3.8, 4) is 5.75 Å². The minimum Gasteiger partial charge on any atom is -0.507 e. The molecule has 0 spiro atoms. The lowest BCUT2D eigenvalue weighted by molar-refractivity contribution is -0.138. The van der Waals surface area contributed by atoms with Crippen LogP contribution in [-0.4, -0.2) is 5.11 Å². The van der Waals surface area contributed by atoms with Crippen molar-refractivity contribution in [2.75, 3.05) is 0 Å². The van der Waals surface area contributed by atoms with Crippen molar-refractivity contribution in [3.63, 3.8) is 0 Å².